The summed E-state index contributed by atoms with van der Waals surface area (Å²) < 4.78 is 99.9. The highest BCUT2D eigenvalue weighted by Gasteiger charge is 2.60. The predicted octanol–water partition coefficient (Wildman–Crippen LogP) is 5.62. The van der Waals surface area contributed by atoms with E-state index in [0.717, 1.165) is 30.3 Å². The van der Waals surface area contributed by atoms with Gasteiger partial charge in [-0.25, -0.2) is 36.2 Å². The first-order valence-corrected chi connectivity index (χ1v) is 19.1. The van der Waals surface area contributed by atoms with E-state index in [-0.39, 0.29) is 51.6 Å². The lowest BCUT2D eigenvalue weighted by Crippen LogP contribution is -2.55. The monoisotopic (exact) mass is 703 g/mol. The van der Waals surface area contributed by atoms with Gasteiger partial charge in [-0.2, -0.15) is 8.78 Å². The number of alkyl halides is 2. The molecule has 47 heavy (non-hydrogen) atoms. The molecule has 2 bridgehead atoms. The molecule has 0 spiro atoms. The molecule has 2 aromatic heterocycles. The molecule has 3 heterocycles. The molecule has 2 N–H and O–H groups in total. The fourth-order valence-corrected chi connectivity index (χ4v) is 12.2. The molecule has 0 amide bonds. The fraction of sp³-hybridized carbons (Fsp3) is 0.387. The zero-order chi connectivity index (χ0) is 32.9. The Morgan fingerprint density at radius 1 is 1.04 bits per heavy atom. The zero-order valence-electron chi connectivity index (χ0n) is 24.8. The number of aryl methyl sites for hydroxylation is 1. The van der Waals surface area contributed by atoms with Gasteiger partial charge in [0.1, 0.15) is 15.7 Å². The lowest BCUT2D eigenvalue weighted by molar-refractivity contribution is -0.0517. The van der Waals surface area contributed by atoms with Gasteiger partial charge >= 0.3 is 6.61 Å². The summed E-state index contributed by atoms with van der Waals surface area (Å²) in [5.41, 5.74) is 0.519. The Bertz CT molecular complexity index is 2130. The van der Waals surface area contributed by atoms with Gasteiger partial charge in [0.2, 0.25) is 5.95 Å². The van der Waals surface area contributed by atoms with Crippen molar-refractivity contribution in [2.75, 3.05) is 21.5 Å². The number of nitrogens with one attached hydrogen (secondary N) is 2. The maximum Gasteiger partial charge on any atom is 0.387 e. The van der Waals surface area contributed by atoms with Gasteiger partial charge in [0, 0.05) is 23.2 Å². The van der Waals surface area contributed by atoms with E-state index in [0.29, 0.717) is 28.1 Å². The van der Waals surface area contributed by atoms with Gasteiger partial charge in [0.15, 0.2) is 15.7 Å². The number of hydrogen-bond acceptors (Lipinski definition) is 10. The number of sulfonamides is 1. The number of aromatic nitrogens is 3. The molecule has 1 saturated heterocycles. The highest BCUT2D eigenvalue weighted by Crippen LogP contribution is 2.66. The summed E-state index contributed by atoms with van der Waals surface area (Å²) in [7, 11) is -7.58. The average Bonchev–Trinajstić information content (AvgIpc) is 3.25. The van der Waals surface area contributed by atoms with Gasteiger partial charge in [-0.3, -0.25) is 4.72 Å². The number of rotatable bonds is 10. The van der Waals surface area contributed by atoms with Crippen molar-refractivity contribution in [1.29, 1.82) is 0 Å². The van der Waals surface area contributed by atoms with Crippen molar-refractivity contribution in [2.45, 2.75) is 49.2 Å². The molecule has 5 fully saturated rings. The average molecular weight is 704 g/mol. The summed E-state index contributed by atoms with van der Waals surface area (Å²) in [6, 6.07) is 9.81. The molecular weight excluding hydrogens is 676 g/mol. The molecule has 4 aliphatic carbocycles. The first-order chi connectivity index (χ1) is 22.3. The first kappa shape index (κ1) is 30.6. The van der Waals surface area contributed by atoms with Crippen molar-refractivity contribution in [2.24, 2.45) is 17.8 Å². The Labute approximate surface area is 272 Å². The summed E-state index contributed by atoms with van der Waals surface area (Å²) in [5, 5.41) is 4.12. The van der Waals surface area contributed by atoms with Gasteiger partial charge in [-0.05, 0) is 73.8 Å². The number of benzene rings is 2. The van der Waals surface area contributed by atoms with Crippen molar-refractivity contribution in [3.8, 4) is 27.6 Å². The minimum absolute atomic E-state index is 0.0282. The molecule has 1 aliphatic heterocycles. The van der Waals surface area contributed by atoms with Crippen LogP contribution in [-0.2, 0) is 25.3 Å². The third kappa shape index (κ3) is 5.24. The number of sulfone groups is 1. The van der Waals surface area contributed by atoms with E-state index < -0.39 is 42.9 Å². The third-order valence-electron chi connectivity index (χ3n) is 9.69. The zero-order valence-corrected chi connectivity index (χ0v) is 27.2. The molecule has 10 nitrogen and oxygen atoms in total. The molecule has 246 valence electrons. The fourth-order valence-electron chi connectivity index (χ4n) is 7.26. The molecule has 0 radical (unpaired) electrons. The highest BCUT2D eigenvalue weighted by molar-refractivity contribution is 7.93. The summed E-state index contributed by atoms with van der Waals surface area (Å²) in [4.78, 5) is 14.0. The summed E-state index contributed by atoms with van der Waals surface area (Å²) in [6.45, 7) is -1.84. The summed E-state index contributed by atoms with van der Waals surface area (Å²) >= 11 is 1.42. The maximum absolute atomic E-state index is 16.4. The largest absolute Gasteiger partial charge is 0.433 e. The minimum atomic E-state index is -4.57. The molecule has 3 atom stereocenters. The summed E-state index contributed by atoms with van der Waals surface area (Å²) in [5.74, 6) is -0.116. The molecule has 2 aromatic carbocycles. The Morgan fingerprint density at radius 2 is 1.77 bits per heavy atom. The van der Waals surface area contributed by atoms with Gasteiger partial charge in [0.25, 0.3) is 10.0 Å². The standard InChI is InChI=1S/C31H28F3N5O5S3/c1-15-4-2-7-22(44-29(33)34)27(15)47(42,43)39-20-6-3-5-17(23(20)32)25-26(45-28(37-25)31-10-16(11-31)12-31)21-8-9-35-30(36-21)38-24-18-13-46(40,41)14-19(18)24/h2-9,16,18-19,24,29,39H,10-14H2,1H3,(H,35,36,38)/t16?,18-,19+,24?,31?. The number of halogens is 3. The van der Waals surface area contributed by atoms with Crippen LogP contribution in [0.4, 0.5) is 24.8 Å². The van der Waals surface area contributed by atoms with Gasteiger partial charge < -0.3 is 10.1 Å². The SMILES string of the molecule is Cc1cccc(OC(F)F)c1S(=O)(=O)Nc1cccc(-c2nc(C34CC(C3)C4)sc2-c2ccnc(NC3[C@H]4CS(=O)(=O)C[C@@H]34)n2)c1F. The van der Waals surface area contributed by atoms with Crippen LogP contribution in [0, 0.1) is 30.5 Å². The smallest absolute Gasteiger partial charge is 0.387 e. The van der Waals surface area contributed by atoms with Crippen molar-refractivity contribution in [1.82, 2.24) is 15.0 Å². The Hall–Kier alpha value is -3.76. The van der Waals surface area contributed by atoms with Crippen LogP contribution in [-0.4, -0.2) is 55.9 Å². The van der Waals surface area contributed by atoms with Crippen LogP contribution in [0.3, 0.4) is 0 Å². The Balaban J connectivity index is 1.15. The van der Waals surface area contributed by atoms with Crippen LogP contribution in [0.2, 0.25) is 0 Å². The molecule has 1 unspecified atom stereocenters. The second kappa shape index (κ2) is 10.6. The van der Waals surface area contributed by atoms with E-state index in [9.17, 15) is 25.6 Å². The Kier molecular flexibility index (Phi) is 6.91. The maximum atomic E-state index is 16.4. The molecule has 4 saturated carbocycles. The molecule has 4 aromatic rings. The van der Waals surface area contributed by atoms with Crippen molar-refractivity contribution < 1.29 is 34.7 Å². The number of anilines is 2. The topological polar surface area (TPSA) is 140 Å². The van der Waals surface area contributed by atoms with Gasteiger partial charge in [-0.1, -0.05) is 18.2 Å². The van der Waals surface area contributed by atoms with Crippen LogP contribution < -0.4 is 14.8 Å². The minimum Gasteiger partial charge on any atom is -0.433 e. The van der Waals surface area contributed by atoms with E-state index in [1.54, 1.807) is 12.3 Å². The van der Waals surface area contributed by atoms with Crippen molar-refractivity contribution >= 4 is 42.8 Å². The first-order valence-electron chi connectivity index (χ1n) is 15.0. The lowest BCUT2D eigenvalue weighted by atomic mass is 9.45. The number of nitrogens with zero attached hydrogens (tertiary/aromatic N) is 3. The second-order valence-corrected chi connectivity index (χ2v) is 17.6. The number of hydrogen-bond donors (Lipinski definition) is 2. The molecule has 5 aliphatic rings. The number of ether oxygens (including phenoxy) is 1. The van der Waals surface area contributed by atoms with E-state index in [4.69, 9.17) is 9.97 Å². The number of fused-ring (bicyclic) bond motifs is 1. The van der Waals surface area contributed by atoms with E-state index >= 15 is 4.39 Å². The van der Waals surface area contributed by atoms with Gasteiger partial charge in [-0.15, -0.1) is 11.3 Å². The van der Waals surface area contributed by atoms with Crippen molar-refractivity contribution in [3.63, 3.8) is 0 Å². The van der Waals surface area contributed by atoms with E-state index in [2.05, 4.69) is 19.8 Å². The van der Waals surface area contributed by atoms with Crippen LogP contribution >= 0.6 is 11.3 Å². The number of thiazole rings is 1. The van der Waals surface area contributed by atoms with Crippen LogP contribution in [0.15, 0.2) is 53.6 Å². The second-order valence-electron chi connectivity index (χ2n) is 12.8. The quantitative estimate of drug-likeness (QED) is 0.215. The highest BCUT2D eigenvalue weighted by atomic mass is 32.2. The Morgan fingerprint density at radius 3 is 2.45 bits per heavy atom. The normalized spacial score (nSPS) is 26.7. The van der Waals surface area contributed by atoms with Crippen molar-refractivity contribution in [3.05, 3.63) is 65.0 Å². The van der Waals surface area contributed by atoms with E-state index in [1.807, 2.05) is 0 Å². The van der Waals surface area contributed by atoms with E-state index in [1.165, 1.54) is 48.6 Å². The van der Waals surface area contributed by atoms with Crippen LogP contribution in [0.25, 0.3) is 21.8 Å². The summed E-state index contributed by atoms with van der Waals surface area (Å²) in [6.07, 6.45) is 4.59. The van der Waals surface area contributed by atoms with Crippen LogP contribution in [0.5, 0.6) is 5.75 Å². The lowest BCUT2D eigenvalue weighted by Gasteiger charge is -2.60. The third-order valence-corrected chi connectivity index (χ3v) is 14.3. The molecule has 16 heteroatoms. The molecule has 9 rings (SSSR count). The van der Waals surface area contributed by atoms with Crippen LogP contribution in [0.1, 0.15) is 29.8 Å². The molecular formula is C31H28F3N5O5S3. The van der Waals surface area contributed by atoms with Gasteiger partial charge in [0.05, 0.1) is 33.5 Å². The predicted molar refractivity (Wildman–Crippen MR) is 169 cm³/mol.